The fraction of sp³-hybridized carbons (Fsp3) is 0.636. The van der Waals surface area contributed by atoms with Gasteiger partial charge in [0.1, 0.15) is 5.82 Å². The summed E-state index contributed by atoms with van der Waals surface area (Å²) in [6, 6.07) is 6.76. The third-order valence-corrected chi connectivity index (χ3v) is 5.79. The first kappa shape index (κ1) is 20.6. The molecule has 6 heteroatoms. The van der Waals surface area contributed by atoms with E-state index in [2.05, 4.69) is 0 Å². The highest BCUT2D eigenvalue weighted by Crippen LogP contribution is 2.28. The second-order valence-corrected chi connectivity index (χ2v) is 8.78. The van der Waals surface area contributed by atoms with Gasteiger partial charge in [0.15, 0.2) is 0 Å². The number of nitrogens with zero attached hydrogens (tertiary/aromatic N) is 3. The van der Waals surface area contributed by atoms with Crippen LogP contribution in [-0.2, 0) is 9.59 Å². The molecule has 2 heterocycles. The molecule has 2 aliphatic heterocycles. The van der Waals surface area contributed by atoms with Crippen molar-refractivity contribution < 1.29 is 14.0 Å². The molecule has 2 fully saturated rings. The minimum atomic E-state index is -0.353. The molecular formula is C22H32FN3O2. The Labute approximate surface area is 167 Å². The zero-order valence-electron chi connectivity index (χ0n) is 17.1. The number of likely N-dealkylation sites (tertiary alicyclic amines) is 1. The molecule has 3 rings (SSSR count). The Kier molecular flexibility index (Phi) is 6.57. The SMILES string of the molecule is CC(C)(CC(=O)N1CCCCC1)CC(=O)N1CCN(c2ccccc2F)CC1. The predicted octanol–water partition coefficient (Wildman–Crippen LogP) is 3.29. The van der Waals surface area contributed by atoms with E-state index >= 15 is 0 Å². The normalized spacial score (nSPS) is 18.3. The summed E-state index contributed by atoms with van der Waals surface area (Å²) < 4.78 is 14.0. The molecule has 0 bridgehead atoms. The van der Waals surface area contributed by atoms with Crippen LogP contribution >= 0.6 is 0 Å². The van der Waals surface area contributed by atoms with Gasteiger partial charge in [0, 0.05) is 52.1 Å². The smallest absolute Gasteiger partial charge is 0.223 e. The first-order chi connectivity index (χ1) is 13.4. The molecule has 0 aromatic heterocycles. The zero-order valence-corrected chi connectivity index (χ0v) is 17.1. The van der Waals surface area contributed by atoms with Gasteiger partial charge >= 0.3 is 0 Å². The lowest BCUT2D eigenvalue weighted by Gasteiger charge is -2.38. The number of hydrogen-bond acceptors (Lipinski definition) is 3. The van der Waals surface area contributed by atoms with Crippen molar-refractivity contribution in [2.75, 3.05) is 44.2 Å². The quantitative estimate of drug-likeness (QED) is 0.776. The lowest BCUT2D eigenvalue weighted by molar-refractivity contribution is -0.137. The fourth-order valence-electron chi connectivity index (χ4n) is 4.15. The van der Waals surface area contributed by atoms with E-state index < -0.39 is 0 Å². The summed E-state index contributed by atoms with van der Waals surface area (Å²) in [5.41, 5.74) is 0.246. The fourth-order valence-corrected chi connectivity index (χ4v) is 4.15. The van der Waals surface area contributed by atoms with Crippen LogP contribution in [0.3, 0.4) is 0 Å². The number of piperazine rings is 1. The molecule has 0 spiro atoms. The number of rotatable bonds is 5. The number of amides is 2. The van der Waals surface area contributed by atoms with Crippen LogP contribution in [-0.4, -0.2) is 60.9 Å². The number of carbonyl (C=O) groups excluding carboxylic acids is 2. The van der Waals surface area contributed by atoms with Crippen LogP contribution in [0.2, 0.25) is 0 Å². The highest BCUT2D eigenvalue weighted by molar-refractivity contribution is 5.80. The molecule has 0 aliphatic carbocycles. The van der Waals surface area contributed by atoms with Gasteiger partial charge in [0.2, 0.25) is 11.8 Å². The maximum atomic E-state index is 14.0. The second-order valence-electron chi connectivity index (χ2n) is 8.78. The van der Waals surface area contributed by atoms with Crippen LogP contribution in [0.5, 0.6) is 0 Å². The van der Waals surface area contributed by atoms with E-state index in [1.54, 1.807) is 12.1 Å². The van der Waals surface area contributed by atoms with Crippen molar-refractivity contribution in [3.05, 3.63) is 30.1 Å². The highest BCUT2D eigenvalue weighted by Gasteiger charge is 2.31. The Morgan fingerprint density at radius 2 is 1.39 bits per heavy atom. The van der Waals surface area contributed by atoms with Gasteiger partial charge in [-0.25, -0.2) is 4.39 Å². The zero-order chi connectivity index (χ0) is 20.1. The Bertz CT molecular complexity index is 693. The number of halogens is 1. The number of anilines is 1. The maximum absolute atomic E-state index is 14.0. The average molecular weight is 390 g/mol. The number of para-hydroxylation sites is 1. The van der Waals surface area contributed by atoms with Gasteiger partial charge in [-0.05, 0) is 36.8 Å². The van der Waals surface area contributed by atoms with E-state index in [0.29, 0.717) is 44.7 Å². The standard InChI is InChI=1S/C22H32FN3O2/c1-22(2,16-20(27)25-10-6-3-7-11-25)17-21(28)26-14-12-24(13-15-26)19-9-5-4-8-18(19)23/h4-5,8-9H,3,6-7,10-17H2,1-2H3. The molecule has 2 amide bonds. The van der Waals surface area contributed by atoms with Crippen LogP contribution in [0.15, 0.2) is 24.3 Å². The molecule has 2 aliphatic rings. The molecule has 2 saturated heterocycles. The average Bonchev–Trinajstić information content (AvgIpc) is 2.68. The largest absolute Gasteiger partial charge is 0.366 e. The molecule has 0 radical (unpaired) electrons. The molecule has 0 unspecified atom stereocenters. The summed E-state index contributed by atoms with van der Waals surface area (Å²) >= 11 is 0. The molecule has 1 aromatic rings. The van der Waals surface area contributed by atoms with Crippen molar-refractivity contribution in [3.63, 3.8) is 0 Å². The lowest BCUT2D eigenvalue weighted by atomic mass is 9.84. The predicted molar refractivity (Wildman–Crippen MR) is 109 cm³/mol. The Hall–Kier alpha value is -2.11. The Morgan fingerprint density at radius 3 is 1.96 bits per heavy atom. The number of benzene rings is 1. The van der Waals surface area contributed by atoms with Gasteiger partial charge in [-0.2, -0.15) is 0 Å². The molecule has 154 valence electrons. The van der Waals surface area contributed by atoms with Crippen molar-refractivity contribution in [2.45, 2.75) is 46.0 Å². The van der Waals surface area contributed by atoms with E-state index in [0.717, 1.165) is 25.9 Å². The van der Waals surface area contributed by atoms with Crippen molar-refractivity contribution in [3.8, 4) is 0 Å². The molecule has 0 atom stereocenters. The molecular weight excluding hydrogens is 357 g/mol. The highest BCUT2D eigenvalue weighted by atomic mass is 19.1. The summed E-state index contributed by atoms with van der Waals surface area (Å²) in [5.74, 6) is 0.0335. The molecule has 0 N–H and O–H groups in total. The second kappa shape index (κ2) is 8.93. The van der Waals surface area contributed by atoms with Gasteiger partial charge in [-0.3, -0.25) is 9.59 Å². The minimum absolute atomic E-state index is 0.0876. The third kappa shape index (κ3) is 5.24. The van der Waals surface area contributed by atoms with Crippen molar-refractivity contribution in [2.24, 2.45) is 5.41 Å². The van der Waals surface area contributed by atoms with E-state index in [1.165, 1.54) is 12.5 Å². The Balaban J connectivity index is 1.49. The van der Waals surface area contributed by atoms with Crippen LogP contribution < -0.4 is 4.90 Å². The third-order valence-electron chi connectivity index (χ3n) is 5.79. The van der Waals surface area contributed by atoms with Gasteiger partial charge in [0.05, 0.1) is 5.69 Å². The van der Waals surface area contributed by atoms with E-state index in [-0.39, 0.29) is 23.0 Å². The number of carbonyl (C=O) groups is 2. The van der Waals surface area contributed by atoms with Gasteiger partial charge in [-0.1, -0.05) is 26.0 Å². The van der Waals surface area contributed by atoms with Crippen molar-refractivity contribution in [1.29, 1.82) is 0 Å². The van der Waals surface area contributed by atoms with Crippen LogP contribution in [0.1, 0.15) is 46.0 Å². The maximum Gasteiger partial charge on any atom is 0.223 e. The lowest BCUT2D eigenvalue weighted by Crippen LogP contribution is -2.50. The van der Waals surface area contributed by atoms with Crippen molar-refractivity contribution >= 4 is 17.5 Å². The van der Waals surface area contributed by atoms with Gasteiger partial charge < -0.3 is 14.7 Å². The summed E-state index contributed by atoms with van der Waals surface area (Å²) in [6.45, 7) is 8.12. The minimum Gasteiger partial charge on any atom is -0.366 e. The van der Waals surface area contributed by atoms with E-state index in [4.69, 9.17) is 0 Å². The first-order valence-corrected chi connectivity index (χ1v) is 10.4. The molecule has 1 aromatic carbocycles. The summed E-state index contributed by atoms with van der Waals surface area (Å²) in [5, 5.41) is 0. The van der Waals surface area contributed by atoms with Gasteiger partial charge in [-0.15, -0.1) is 0 Å². The van der Waals surface area contributed by atoms with Crippen LogP contribution in [0, 0.1) is 11.2 Å². The van der Waals surface area contributed by atoms with Crippen molar-refractivity contribution in [1.82, 2.24) is 9.80 Å². The first-order valence-electron chi connectivity index (χ1n) is 10.4. The Morgan fingerprint density at radius 1 is 0.857 bits per heavy atom. The number of hydrogen-bond donors (Lipinski definition) is 0. The summed E-state index contributed by atoms with van der Waals surface area (Å²) in [4.78, 5) is 31.1. The van der Waals surface area contributed by atoms with E-state index in [1.807, 2.05) is 34.6 Å². The van der Waals surface area contributed by atoms with Gasteiger partial charge in [0.25, 0.3) is 0 Å². The monoisotopic (exact) mass is 389 g/mol. The van der Waals surface area contributed by atoms with Crippen LogP contribution in [0.25, 0.3) is 0 Å². The number of piperidine rings is 1. The molecule has 5 nitrogen and oxygen atoms in total. The summed E-state index contributed by atoms with van der Waals surface area (Å²) in [7, 11) is 0. The van der Waals surface area contributed by atoms with Crippen LogP contribution in [0.4, 0.5) is 10.1 Å². The topological polar surface area (TPSA) is 43.9 Å². The summed E-state index contributed by atoms with van der Waals surface area (Å²) in [6.07, 6.45) is 4.14. The van der Waals surface area contributed by atoms with E-state index in [9.17, 15) is 14.0 Å². The molecule has 28 heavy (non-hydrogen) atoms. The molecule has 0 saturated carbocycles.